The SMILES string of the molecule is CCC1=C(CC)C2=NC1=Cc1[nH]c(/c(=C/O)c1CC)=CC1=NC(=CC3=NC(=C2)C(CC)=C3CO)C(CC)=C1CC. The smallest absolute Gasteiger partial charge is 0.0888 e. The van der Waals surface area contributed by atoms with E-state index in [0.717, 1.165) is 106 Å². The average Bonchev–Trinajstić information content (AvgIpc) is 3.67. The summed E-state index contributed by atoms with van der Waals surface area (Å²) in [4.78, 5) is 18.9. The Morgan fingerprint density at radius 1 is 0.600 bits per heavy atom. The fourth-order valence-corrected chi connectivity index (χ4v) is 6.48. The topological polar surface area (TPSA) is 93.3 Å². The summed E-state index contributed by atoms with van der Waals surface area (Å²) in [6, 6.07) is 0. The van der Waals surface area contributed by atoms with Crippen LogP contribution in [0.3, 0.4) is 0 Å². The molecule has 6 nitrogen and oxygen atoms in total. The number of aliphatic hydroxyl groups is 2. The van der Waals surface area contributed by atoms with Crippen LogP contribution in [0.5, 0.6) is 0 Å². The lowest BCUT2D eigenvalue weighted by Crippen LogP contribution is -2.26. The predicted molar refractivity (Wildman–Crippen MR) is 167 cm³/mol. The molecule has 0 saturated heterocycles. The third kappa shape index (κ3) is 4.44. The first-order chi connectivity index (χ1) is 19.5. The molecule has 0 aromatic carbocycles. The van der Waals surface area contributed by atoms with Crippen molar-refractivity contribution >= 4 is 35.5 Å². The zero-order valence-electron chi connectivity index (χ0n) is 24.6. The van der Waals surface area contributed by atoms with Gasteiger partial charge in [-0.25, -0.2) is 15.0 Å². The van der Waals surface area contributed by atoms with Gasteiger partial charge in [-0.15, -0.1) is 0 Å². The van der Waals surface area contributed by atoms with Crippen LogP contribution in [0, 0.1) is 0 Å². The highest BCUT2D eigenvalue weighted by Gasteiger charge is 2.27. The highest BCUT2D eigenvalue weighted by molar-refractivity contribution is 6.24. The molecule has 6 heteroatoms. The van der Waals surface area contributed by atoms with Gasteiger partial charge in [-0.2, -0.15) is 0 Å². The van der Waals surface area contributed by atoms with Gasteiger partial charge in [0.1, 0.15) is 0 Å². The molecule has 0 radical (unpaired) electrons. The van der Waals surface area contributed by atoms with Crippen LogP contribution in [0.15, 0.2) is 77.7 Å². The molecule has 0 atom stereocenters. The fourth-order valence-electron chi connectivity index (χ4n) is 6.48. The van der Waals surface area contributed by atoms with Crippen molar-refractivity contribution in [3.8, 4) is 0 Å². The van der Waals surface area contributed by atoms with Crippen LogP contribution in [0.4, 0.5) is 0 Å². The van der Waals surface area contributed by atoms with Gasteiger partial charge in [0.25, 0.3) is 0 Å². The largest absolute Gasteiger partial charge is 0.515 e. The van der Waals surface area contributed by atoms with E-state index in [2.05, 4.69) is 64.8 Å². The summed E-state index contributed by atoms with van der Waals surface area (Å²) in [6.07, 6.45) is 14.5. The molecule has 0 spiro atoms. The van der Waals surface area contributed by atoms with Crippen LogP contribution in [0.25, 0.3) is 18.4 Å². The number of aromatic nitrogens is 1. The van der Waals surface area contributed by atoms with Crippen LogP contribution < -0.4 is 10.6 Å². The van der Waals surface area contributed by atoms with Crippen molar-refractivity contribution in [2.24, 2.45) is 15.0 Å². The van der Waals surface area contributed by atoms with E-state index in [-0.39, 0.29) is 6.61 Å². The molecule has 1 aromatic heterocycles. The van der Waals surface area contributed by atoms with Gasteiger partial charge >= 0.3 is 0 Å². The Balaban J connectivity index is 1.90. The zero-order chi connectivity index (χ0) is 28.6. The van der Waals surface area contributed by atoms with Gasteiger partial charge in [0.2, 0.25) is 0 Å². The average molecular weight is 537 g/mol. The lowest BCUT2D eigenvalue weighted by atomic mass is 9.96. The number of aliphatic hydroxyl groups excluding tert-OH is 2. The molecule has 0 fully saturated rings. The minimum Gasteiger partial charge on any atom is -0.515 e. The van der Waals surface area contributed by atoms with Gasteiger partial charge < -0.3 is 15.2 Å². The van der Waals surface area contributed by atoms with Crippen LogP contribution in [0.1, 0.15) is 84.9 Å². The van der Waals surface area contributed by atoms with Gasteiger partial charge in [-0.3, -0.25) is 0 Å². The molecule has 40 heavy (non-hydrogen) atoms. The number of nitrogens with one attached hydrogen (secondary N) is 1. The molecule has 3 N–H and O–H groups in total. The maximum absolute atomic E-state index is 10.4. The van der Waals surface area contributed by atoms with Crippen LogP contribution in [-0.2, 0) is 6.42 Å². The molecule has 5 heterocycles. The lowest BCUT2D eigenvalue weighted by molar-refractivity contribution is 0.336. The van der Waals surface area contributed by atoms with E-state index in [1.165, 1.54) is 28.6 Å². The summed E-state index contributed by atoms with van der Waals surface area (Å²) in [5, 5.41) is 22.4. The second-order valence-corrected chi connectivity index (χ2v) is 10.3. The Kier molecular flexibility index (Phi) is 7.90. The summed E-state index contributed by atoms with van der Waals surface area (Å²) in [6.45, 7) is 12.8. The summed E-state index contributed by atoms with van der Waals surface area (Å²) in [5.74, 6) is 0. The number of H-pyrrole nitrogens is 1. The van der Waals surface area contributed by atoms with Gasteiger partial charge in [0.05, 0.1) is 52.4 Å². The number of fused-ring (bicyclic) bond motifs is 5. The maximum atomic E-state index is 10.4. The first-order valence-corrected chi connectivity index (χ1v) is 14.7. The Morgan fingerprint density at radius 2 is 1.05 bits per heavy atom. The molecule has 1 aromatic rings. The number of hydrogen-bond acceptors (Lipinski definition) is 5. The molecule has 0 unspecified atom stereocenters. The Morgan fingerprint density at radius 3 is 1.50 bits per heavy atom. The molecule has 0 saturated carbocycles. The molecule has 4 aliphatic heterocycles. The fraction of sp³-hybridized carbons (Fsp3) is 0.382. The number of rotatable bonds is 7. The molecule has 4 aliphatic rings. The second kappa shape index (κ2) is 11.4. The van der Waals surface area contributed by atoms with E-state index >= 15 is 0 Å². The van der Waals surface area contributed by atoms with Crippen LogP contribution in [0.2, 0.25) is 0 Å². The summed E-state index contributed by atoms with van der Waals surface area (Å²) >= 11 is 0. The van der Waals surface area contributed by atoms with E-state index in [0.29, 0.717) is 0 Å². The van der Waals surface area contributed by atoms with Crippen molar-refractivity contribution in [2.45, 2.75) is 80.1 Å². The highest BCUT2D eigenvalue weighted by Crippen LogP contribution is 2.37. The number of hydrogen-bond donors (Lipinski definition) is 3. The first kappa shape index (κ1) is 27.8. The van der Waals surface area contributed by atoms with E-state index in [1.54, 1.807) is 0 Å². The molecular formula is C34H40N4O2. The van der Waals surface area contributed by atoms with Gasteiger partial charge in [-0.05, 0) is 96.3 Å². The molecule has 208 valence electrons. The molecule has 0 amide bonds. The molecule has 0 aliphatic carbocycles. The number of aromatic amines is 1. The first-order valence-electron chi connectivity index (χ1n) is 14.7. The molecule has 8 bridgehead atoms. The molecular weight excluding hydrogens is 496 g/mol. The van der Waals surface area contributed by atoms with Crippen molar-refractivity contribution in [3.63, 3.8) is 0 Å². The van der Waals surface area contributed by atoms with Crippen molar-refractivity contribution in [3.05, 3.63) is 84.5 Å². The third-order valence-electron chi connectivity index (χ3n) is 8.40. The minimum absolute atomic E-state index is 0.0770. The zero-order valence-corrected chi connectivity index (χ0v) is 24.6. The van der Waals surface area contributed by atoms with Crippen molar-refractivity contribution in [1.82, 2.24) is 4.98 Å². The minimum atomic E-state index is -0.0770. The monoisotopic (exact) mass is 536 g/mol. The van der Waals surface area contributed by atoms with Crippen molar-refractivity contribution < 1.29 is 10.2 Å². The number of aliphatic imine (C=N–C) groups is 3. The van der Waals surface area contributed by atoms with Gasteiger partial charge in [0, 0.05) is 16.5 Å². The van der Waals surface area contributed by atoms with E-state index in [4.69, 9.17) is 15.0 Å². The predicted octanol–water partition coefficient (Wildman–Crippen LogP) is 6.07. The van der Waals surface area contributed by atoms with Crippen molar-refractivity contribution in [1.29, 1.82) is 0 Å². The van der Waals surface area contributed by atoms with Gasteiger partial charge in [0.15, 0.2) is 0 Å². The summed E-state index contributed by atoms with van der Waals surface area (Å²) in [5.41, 5.74) is 14.1. The number of allylic oxidation sites excluding steroid dienone is 7. The Hall–Kier alpha value is -3.77. The van der Waals surface area contributed by atoms with Gasteiger partial charge in [-0.1, -0.05) is 41.5 Å². The highest BCUT2D eigenvalue weighted by atomic mass is 16.3. The van der Waals surface area contributed by atoms with E-state index in [1.807, 2.05) is 6.08 Å². The summed E-state index contributed by atoms with van der Waals surface area (Å²) < 4.78 is 0. The normalized spacial score (nSPS) is 19.1. The Labute approximate surface area is 236 Å². The number of nitrogens with zero attached hydrogens (tertiary/aromatic N) is 3. The lowest BCUT2D eigenvalue weighted by Gasteiger charge is -2.06. The maximum Gasteiger partial charge on any atom is 0.0888 e. The van der Waals surface area contributed by atoms with Crippen LogP contribution in [-0.4, -0.2) is 38.9 Å². The van der Waals surface area contributed by atoms with E-state index in [9.17, 15) is 10.2 Å². The second-order valence-electron chi connectivity index (χ2n) is 10.3. The van der Waals surface area contributed by atoms with E-state index < -0.39 is 0 Å². The standard InChI is InChI=1S/C34H40N4O2/c1-7-19-20(8-2)28-14-32-24(12-6)26(18-40)34(38-32)16-30-22(10-4)21(9-3)29(36-30)15-33-25(17-39)23(11-5)31(37-33)13-27(19)35-28/h13-17,37,39-40H,7-12,18H2,1-6H3/b25-17+,27-13?,30-16?,32-14?,33-15?. The molecule has 5 rings (SSSR count). The quantitative estimate of drug-likeness (QED) is 0.394. The third-order valence-corrected chi connectivity index (χ3v) is 8.40. The Bertz CT molecular complexity index is 1680. The van der Waals surface area contributed by atoms with Crippen LogP contribution >= 0.6 is 0 Å². The van der Waals surface area contributed by atoms with Crippen molar-refractivity contribution in [2.75, 3.05) is 6.61 Å². The summed E-state index contributed by atoms with van der Waals surface area (Å²) in [7, 11) is 0.